The Morgan fingerprint density at radius 3 is 2.41 bits per heavy atom. The number of hydrogen-bond acceptors (Lipinski definition) is 2. The lowest BCUT2D eigenvalue weighted by Gasteiger charge is -2.14. The monoisotopic (exact) mass is 266 g/mol. The number of rotatable bonds is 3. The van der Waals surface area contributed by atoms with E-state index >= 15 is 0 Å². The van der Waals surface area contributed by atoms with Gasteiger partial charge in [0.25, 0.3) is 0 Å². The number of halogens is 4. The highest BCUT2D eigenvalue weighted by atomic mass is 35.5. The molecule has 0 N–H and O–H groups in total. The van der Waals surface area contributed by atoms with E-state index in [2.05, 4.69) is 0 Å². The van der Waals surface area contributed by atoms with E-state index in [0.717, 1.165) is 12.1 Å². The van der Waals surface area contributed by atoms with Crippen molar-refractivity contribution in [3.05, 3.63) is 28.8 Å². The van der Waals surface area contributed by atoms with Crippen molar-refractivity contribution in [2.45, 2.75) is 26.1 Å². The van der Waals surface area contributed by atoms with Crippen LogP contribution in [0.5, 0.6) is 5.75 Å². The SMILES string of the molecule is CC(=O)[C@H](C)Oc1cc(Cl)cc(C(F)(F)F)c1. The van der Waals surface area contributed by atoms with Gasteiger partial charge in [0.1, 0.15) is 5.75 Å². The molecule has 0 aromatic heterocycles. The maximum atomic E-state index is 12.5. The molecule has 0 bridgehead atoms. The molecule has 17 heavy (non-hydrogen) atoms. The molecule has 2 nitrogen and oxygen atoms in total. The van der Waals surface area contributed by atoms with Gasteiger partial charge in [0.2, 0.25) is 0 Å². The number of carbonyl (C=O) groups is 1. The van der Waals surface area contributed by atoms with Crippen molar-refractivity contribution in [2.24, 2.45) is 0 Å². The predicted octanol–water partition coefficient (Wildman–Crippen LogP) is 3.72. The molecule has 1 aromatic carbocycles. The molecule has 0 aliphatic heterocycles. The summed E-state index contributed by atoms with van der Waals surface area (Å²) in [5.74, 6) is -0.356. The topological polar surface area (TPSA) is 26.3 Å². The second kappa shape index (κ2) is 4.96. The first-order valence-electron chi connectivity index (χ1n) is 4.75. The van der Waals surface area contributed by atoms with Crippen molar-refractivity contribution in [1.29, 1.82) is 0 Å². The zero-order chi connectivity index (χ0) is 13.2. The van der Waals surface area contributed by atoms with Crippen LogP contribution in [0.3, 0.4) is 0 Å². The predicted molar refractivity (Wildman–Crippen MR) is 57.2 cm³/mol. The van der Waals surface area contributed by atoms with E-state index in [1.165, 1.54) is 19.9 Å². The fourth-order valence-electron chi connectivity index (χ4n) is 1.08. The summed E-state index contributed by atoms with van der Waals surface area (Å²) in [6.45, 7) is 2.75. The minimum atomic E-state index is -4.50. The second-order valence-electron chi connectivity index (χ2n) is 3.54. The molecule has 0 aliphatic carbocycles. The average molecular weight is 267 g/mol. The van der Waals surface area contributed by atoms with E-state index in [1.807, 2.05) is 0 Å². The summed E-state index contributed by atoms with van der Waals surface area (Å²) in [6.07, 6.45) is -5.31. The third-order valence-electron chi connectivity index (χ3n) is 2.08. The molecular formula is C11H10ClF3O2. The van der Waals surface area contributed by atoms with Crippen LogP contribution >= 0.6 is 11.6 Å². The van der Waals surface area contributed by atoms with Crippen LogP contribution in [0.4, 0.5) is 13.2 Å². The molecule has 0 radical (unpaired) electrons. The molecule has 0 unspecified atom stereocenters. The quantitative estimate of drug-likeness (QED) is 0.833. The molecule has 0 saturated heterocycles. The second-order valence-corrected chi connectivity index (χ2v) is 3.98. The van der Waals surface area contributed by atoms with Gasteiger partial charge in [0, 0.05) is 5.02 Å². The number of carbonyl (C=O) groups excluding carboxylic acids is 1. The summed E-state index contributed by atoms with van der Waals surface area (Å²) < 4.78 is 42.4. The van der Waals surface area contributed by atoms with Gasteiger partial charge in [-0.2, -0.15) is 13.2 Å². The zero-order valence-electron chi connectivity index (χ0n) is 9.14. The van der Waals surface area contributed by atoms with Gasteiger partial charge in [0.15, 0.2) is 11.9 Å². The summed E-state index contributed by atoms with van der Waals surface area (Å²) in [5, 5.41) is -0.0921. The van der Waals surface area contributed by atoms with Gasteiger partial charge in [0.05, 0.1) is 5.56 Å². The third kappa shape index (κ3) is 3.93. The highest BCUT2D eigenvalue weighted by molar-refractivity contribution is 6.30. The van der Waals surface area contributed by atoms with Gasteiger partial charge >= 0.3 is 6.18 Å². The number of alkyl halides is 3. The maximum absolute atomic E-state index is 12.5. The van der Waals surface area contributed by atoms with Gasteiger partial charge in [-0.05, 0) is 32.0 Å². The number of hydrogen-bond donors (Lipinski definition) is 0. The maximum Gasteiger partial charge on any atom is 0.416 e. The van der Waals surface area contributed by atoms with Gasteiger partial charge in [-0.3, -0.25) is 4.79 Å². The van der Waals surface area contributed by atoms with Crippen LogP contribution in [0, 0.1) is 0 Å². The van der Waals surface area contributed by atoms with Crippen LogP contribution in [-0.2, 0) is 11.0 Å². The number of ether oxygens (including phenoxy) is 1. The van der Waals surface area contributed by atoms with E-state index in [0.29, 0.717) is 0 Å². The summed E-state index contributed by atoms with van der Waals surface area (Å²) in [5.41, 5.74) is -0.907. The molecule has 0 aliphatic rings. The summed E-state index contributed by atoms with van der Waals surface area (Å²) in [4.78, 5) is 10.9. The van der Waals surface area contributed by atoms with Crippen LogP contribution in [0.25, 0.3) is 0 Å². The highest BCUT2D eigenvalue weighted by Crippen LogP contribution is 2.34. The zero-order valence-corrected chi connectivity index (χ0v) is 9.89. The molecule has 0 fully saturated rings. The van der Waals surface area contributed by atoms with E-state index in [4.69, 9.17) is 16.3 Å². The van der Waals surface area contributed by atoms with Gasteiger partial charge < -0.3 is 4.74 Å². The van der Waals surface area contributed by atoms with Crippen molar-refractivity contribution in [3.63, 3.8) is 0 Å². The van der Waals surface area contributed by atoms with Gasteiger partial charge in [-0.1, -0.05) is 11.6 Å². The standard InChI is InChI=1S/C11H10ClF3O2/c1-6(16)7(2)17-10-4-8(11(13,14)15)3-9(12)5-10/h3-5,7H,1-2H3/t7-/m0/s1. The number of ketones is 1. The van der Waals surface area contributed by atoms with Crippen molar-refractivity contribution < 1.29 is 22.7 Å². The third-order valence-corrected chi connectivity index (χ3v) is 2.30. The van der Waals surface area contributed by atoms with Crippen molar-refractivity contribution in [1.82, 2.24) is 0 Å². The van der Waals surface area contributed by atoms with E-state index in [9.17, 15) is 18.0 Å². The average Bonchev–Trinajstić information content (AvgIpc) is 2.15. The van der Waals surface area contributed by atoms with E-state index in [1.54, 1.807) is 0 Å². The smallest absolute Gasteiger partial charge is 0.416 e. The fraction of sp³-hybridized carbons (Fsp3) is 0.364. The lowest BCUT2D eigenvalue weighted by Crippen LogP contribution is -2.21. The van der Waals surface area contributed by atoms with Gasteiger partial charge in [-0.15, -0.1) is 0 Å². The van der Waals surface area contributed by atoms with E-state index < -0.39 is 17.8 Å². The van der Waals surface area contributed by atoms with Crippen LogP contribution in [0.2, 0.25) is 5.02 Å². The van der Waals surface area contributed by atoms with Crippen molar-refractivity contribution in [3.8, 4) is 5.75 Å². The largest absolute Gasteiger partial charge is 0.483 e. The summed E-state index contributed by atoms with van der Waals surface area (Å²) in [6, 6.07) is 2.84. The van der Waals surface area contributed by atoms with Crippen LogP contribution < -0.4 is 4.74 Å². The Morgan fingerprint density at radius 2 is 1.94 bits per heavy atom. The van der Waals surface area contributed by atoms with E-state index in [-0.39, 0.29) is 16.6 Å². The molecule has 0 saturated carbocycles. The number of Topliss-reactive ketones (excluding diaryl/α,β-unsaturated/α-hetero) is 1. The number of benzene rings is 1. The molecule has 94 valence electrons. The Hall–Kier alpha value is -1.23. The Labute approximate surface area is 101 Å². The fourth-order valence-corrected chi connectivity index (χ4v) is 1.31. The molecule has 0 spiro atoms. The Kier molecular flexibility index (Phi) is 4.03. The summed E-state index contributed by atoms with van der Waals surface area (Å²) in [7, 11) is 0. The first kappa shape index (κ1) is 13.8. The normalized spacial score (nSPS) is 13.3. The Balaban J connectivity index is 3.02. The van der Waals surface area contributed by atoms with Gasteiger partial charge in [-0.25, -0.2) is 0 Å². The minimum Gasteiger partial charge on any atom is -0.483 e. The van der Waals surface area contributed by atoms with Crippen LogP contribution in [-0.4, -0.2) is 11.9 Å². The molecule has 1 atom stereocenters. The van der Waals surface area contributed by atoms with Crippen LogP contribution in [0.1, 0.15) is 19.4 Å². The molecule has 6 heteroatoms. The minimum absolute atomic E-state index is 0.0764. The first-order chi connectivity index (χ1) is 7.70. The molecule has 1 rings (SSSR count). The molecule has 0 heterocycles. The lowest BCUT2D eigenvalue weighted by atomic mass is 10.2. The Morgan fingerprint density at radius 1 is 1.35 bits per heavy atom. The molecule has 0 amide bonds. The van der Waals surface area contributed by atoms with Crippen molar-refractivity contribution >= 4 is 17.4 Å². The van der Waals surface area contributed by atoms with Crippen LogP contribution in [0.15, 0.2) is 18.2 Å². The summed E-state index contributed by atoms with van der Waals surface area (Å²) >= 11 is 5.55. The lowest BCUT2D eigenvalue weighted by molar-refractivity contribution is -0.137. The molecular weight excluding hydrogens is 257 g/mol. The molecule has 1 aromatic rings. The highest BCUT2D eigenvalue weighted by Gasteiger charge is 2.31. The first-order valence-corrected chi connectivity index (χ1v) is 5.13. The van der Waals surface area contributed by atoms with Crippen molar-refractivity contribution in [2.75, 3.05) is 0 Å². The Bertz CT molecular complexity index is 429.